The molecule has 4 aromatic carbocycles. The molecule has 17 nitrogen and oxygen atoms in total. The van der Waals surface area contributed by atoms with Gasteiger partial charge in [-0.2, -0.15) is 9.97 Å². The summed E-state index contributed by atoms with van der Waals surface area (Å²) in [5, 5.41) is 17.1. The quantitative estimate of drug-likeness (QED) is 0.0884. The highest BCUT2D eigenvalue weighted by molar-refractivity contribution is 9.10. The van der Waals surface area contributed by atoms with Gasteiger partial charge < -0.3 is 44.7 Å². The summed E-state index contributed by atoms with van der Waals surface area (Å²) in [6.45, 7) is 9.16. The standard InChI is InChI=1S/C35H42ClN7O2.C20H23BrN6O.C16H21ClO/c1-25(44)14-17-35(27-8-10-28(36)11-9-27)18-23-42(24-19-35)31-5-4-20-43-32(31)38-34(39-43)37-29-12-6-26(7-13-29)33(45)41(3)30-15-21-40(2)22-16-30;1-25-12-9-16(10-13-25)26(2)19(28)14-5-7-15(8-6-14)22-20-23-18-17(21)4-3-11-27(18)24-20;1-13(18)9-12-16(10-3-2-4-11-16)14-5-7-15(17)8-6-14/h4-13,20,30H,14-19,21-24H2,1-3H3,(H,37,39);3-8,11,16H,9-10,12-13H2,1-2H3,(H,22,24);5-8H,2-4,9-12H2,1H3. The van der Waals surface area contributed by atoms with Crippen molar-refractivity contribution in [2.24, 2.45) is 0 Å². The largest absolute Gasteiger partial charge is 0.368 e. The third-order valence-electron chi connectivity index (χ3n) is 19.2. The lowest BCUT2D eigenvalue weighted by atomic mass is 9.66. The van der Waals surface area contributed by atoms with Crippen molar-refractivity contribution in [3.8, 4) is 0 Å². The van der Waals surface area contributed by atoms with E-state index in [9.17, 15) is 19.2 Å². The van der Waals surface area contributed by atoms with Crippen LogP contribution in [-0.4, -0.2) is 152 Å². The Hall–Kier alpha value is -7.22. The molecular weight excluding hydrogens is 1250 g/mol. The van der Waals surface area contributed by atoms with E-state index in [0.717, 1.165) is 134 Å². The second-order valence-corrected chi connectivity index (χ2v) is 27.2. The minimum atomic E-state index is -0.0618. The zero-order chi connectivity index (χ0) is 64.2. The molecule has 4 fully saturated rings. The van der Waals surface area contributed by atoms with Gasteiger partial charge in [-0.15, -0.1) is 10.2 Å². The highest BCUT2D eigenvalue weighted by Gasteiger charge is 2.38. The monoisotopic (exact) mass is 1330 g/mol. The first kappa shape index (κ1) is 66.7. The van der Waals surface area contributed by atoms with E-state index in [4.69, 9.17) is 28.2 Å². The van der Waals surface area contributed by atoms with Gasteiger partial charge in [-0.3, -0.25) is 9.59 Å². The van der Waals surface area contributed by atoms with Gasteiger partial charge in [-0.05, 0) is 253 Å². The summed E-state index contributed by atoms with van der Waals surface area (Å²) in [5.74, 6) is 1.65. The number of carbonyl (C=O) groups excluding carboxylic acids is 4. The van der Waals surface area contributed by atoms with Crippen LogP contribution in [0, 0.1) is 0 Å². The number of carbonyl (C=O) groups is 4. The molecule has 480 valence electrons. The van der Waals surface area contributed by atoms with Gasteiger partial charge in [-0.25, -0.2) is 9.03 Å². The van der Waals surface area contributed by atoms with Crippen molar-refractivity contribution in [1.29, 1.82) is 0 Å². The zero-order valence-electron chi connectivity index (χ0n) is 53.4. The van der Waals surface area contributed by atoms with Crippen molar-refractivity contribution in [3.05, 3.63) is 170 Å². The lowest BCUT2D eigenvalue weighted by Gasteiger charge is -2.43. The summed E-state index contributed by atoms with van der Waals surface area (Å²) in [7, 11) is 8.07. The maximum Gasteiger partial charge on any atom is 0.253 e. The fourth-order valence-corrected chi connectivity index (χ4v) is 14.2. The highest BCUT2D eigenvalue weighted by Crippen LogP contribution is 2.44. The minimum absolute atomic E-state index is 0.0505. The average Bonchev–Trinajstić information content (AvgIpc) is 1.76. The average molecular weight is 1340 g/mol. The predicted molar refractivity (Wildman–Crippen MR) is 369 cm³/mol. The van der Waals surface area contributed by atoms with Crippen molar-refractivity contribution >= 4 is 103 Å². The SMILES string of the molecule is CC(=O)CCC1(c2ccc(Cl)cc2)CCCCC1.CC(=O)CCC1(c2ccc(Cl)cc2)CCN(c2cccn3nc(Nc4ccc(C(=O)N(C)C5CCN(C)CC5)cc4)nc23)CC1.CN1CCC(N(C)C(=O)c2ccc(Nc3nc4c(Br)cccn4n3)cc2)CC1. The number of nitrogens with zero attached hydrogens (tertiary/aromatic N) is 11. The summed E-state index contributed by atoms with van der Waals surface area (Å²) in [5.41, 5.74) is 8.37. The van der Waals surface area contributed by atoms with Crippen LogP contribution in [0.25, 0.3) is 11.3 Å². The first-order valence-corrected chi connectivity index (χ1v) is 33.7. The summed E-state index contributed by atoms with van der Waals surface area (Å²) in [4.78, 5) is 69.3. The number of amides is 2. The van der Waals surface area contributed by atoms with Crippen molar-refractivity contribution in [3.63, 3.8) is 0 Å². The number of benzene rings is 4. The van der Waals surface area contributed by atoms with Gasteiger partial charge in [-0.1, -0.05) is 66.7 Å². The highest BCUT2D eigenvalue weighted by atomic mass is 79.9. The Morgan fingerprint density at radius 2 is 0.945 bits per heavy atom. The van der Waals surface area contributed by atoms with Crippen molar-refractivity contribution in [2.75, 3.05) is 83.0 Å². The first-order valence-electron chi connectivity index (χ1n) is 32.1. The maximum absolute atomic E-state index is 13.1. The number of hydrogen-bond acceptors (Lipinski definition) is 13. The van der Waals surface area contributed by atoms with Gasteiger partial charge in [0.05, 0.1) is 10.2 Å². The van der Waals surface area contributed by atoms with Crippen LogP contribution >= 0.6 is 39.1 Å². The van der Waals surface area contributed by atoms with E-state index in [1.54, 1.807) is 18.4 Å². The molecule has 4 aliphatic rings. The summed E-state index contributed by atoms with van der Waals surface area (Å²) in [6, 6.07) is 39.9. The molecule has 12 rings (SSSR count). The molecule has 8 aromatic rings. The number of likely N-dealkylation sites (tertiary alicyclic amines) is 2. The summed E-state index contributed by atoms with van der Waals surface area (Å²) < 4.78 is 4.40. The molecule has 2 N–H and O–H groups in total. The number of aromatic nitrogens is 6. The number of rotatable bonds is 17. The third kappa shape index (κ3) is 16.9. The number of halogens is 3. The second-order valence-electron chi connectivity index (χ2n) is 25.5. The zero-order valence-corrected chi connectivity index (χ0v) is 56.5. The Bertz CT molecular complexity index is 3740. The fourth-order valence-electron chi connectivity index (χ4n) is 13.5. The molecule has 91 heavy (non-hydrogen) atoms. The molecule has 0 bridgehead atoms. The molecule has 1 saturated carbocycles. The molecule has 1 aliphatic carbocycles. The van der Waals surface area contributed by atoms with Crippen molar-refractivity contribution in [2.45, 2.75) is 133 Å². The summed E-state index contributed by atoms with van der Waals surface area (Å²) >= 11 is 15.6. The molecule has 4 aromatic heterocycles. The maximum atomic E-state index is 13.1. The van der Waals surface area contributed by atoms with Crippen LogP contribution in [0.5, 0.6) is 0 Å². The van der Waals surface area contributed by atoms with Crippen LogP contribution in [0.1, 0.15) is 142 Å². The number of piperidine rings is 3. The van der Waals surface area contributed by atoms with E-state index >= 15 is 0 Å². The number of fused-ring (bicyclic) bond motifs is 2. The van der Waals surface area contributed by atoms with Crippen LogP contribution in [0.4, 0.5) is 29.0 Å². The second kappa shape index (κ2) is 30.5. The molecule has 2 amide bonds. The van der Waals surface area contributed by atoms with Crippen LogP contribution in [0.15, 0.2) is 138 Å². The van der Waals surface area contributed by atoms with E-state index in [2.05, 4.69) is 101 Å². The number of Topliss-reactive ketones (excluding diaryl/α,β-unsaturated/α-hetero) is 2. The smallest absolute Gasteiger partial charge is 0.253 e. The van der Waals surface area contributed by atoms with Gasteiger partial charge in [0.1, 0.15) is 11.6 Å². The van der Waals surface area contributed by atoms with Crippen LogP contribution in [-0.2, 0) is 20.4 Å². The van der Waals surface area contributed by atoms with E-state index in [-0.39, 0.29) is 34.5 Å². The Labute approximate surface area is 554 Å². The van der Waals surface area contributed by atoms with Crippen LogP contribution in [0.3, 0.4) is 0 Å². The van der Waals surface area contributed by atoms with E-state index < -0.39 is 0 Å². The van der Waals surface area contributed by atoms with Crippen molar-refractivity contribution < 1.29 is 19.2 Å². The topological polar surface area (TPSA) is 169 Å². The Morgan fingerprint density at radius 1 is 0.538 bits per heavy atom. The molecule has 0 atom stereocenters. The Morgan fingerprint density at radius 3 is 1.37 bits per heavy atom. The van der Waals surface area contributed by atoms with E-state index in [0.29, 0.717) is 47.7 Å². The molecular formula is C71H86BrCl2N13O4. The van der Waals surface area contributed by atoms with Crippen molar-refractivity contribution in [1.82, 2.24) is 48.8 Å². The molecule has 7 heterocycles. The Kier molecular flexibility index (Phi) is 22.3. The number of hydrogen-bond donors (Lipinski definition) is 2. The van der Waals surface area contributed by atoms with E-state index in [1.165, 1.54) is 43.2 Å². The molecule has 0 radical (unpaired) electrons. The fraction of sp³-hybridized carbons (Fsp3) is 0.437. The third-order valence-corrected chi connectivity index (χ3v) is 20.4. The molecule has 3 saturated heterocycles. The number of pyridine rings is 2. The molecule has 3 aliphatic heterocycles. The number of ketones is 2. The van der Waals surface area contributed by atoms with Crippen LogP contribution < -0.4 is 15.5 Å². The van der Waals surface area contributed by atoms with Gasteiger partial charge in [0.2, 0.25) is 11.9 Å². The number of nitrogens with one attached hydrogen (secondary N) is 2. The van der Waals surface area contributed by atoms with Crippen LogP contribution in [0.2, 0.25) is 10.0 Å². The first-order chi connectivity index (χ1) is 43.8. The normalized spacial score (nSPS) is 17.1. The lowest BCUT2D eigenvalue weighted by Crippen LogP contribution is -2.44. The molecule has 20 heteroatoms. The predicted octanol–water partition coefficient (Wildman–Crippen LogP) is 14.5. The van der Waals surface area contributed by atoms with E-state index in [1.807, 2.05) is 132 Å². The molecule has 0 spiro atoms. The minimum Gasteiger partial charge on any atom is -0.368 e. The van der Waals surface area contributed by atoms with Gasteiger partial charge in [0, 0.05) is 97.1 Å². The molecule has 0 unspecified atom stereocenters. The van der Waals surface area contributed by atoms with Gasteiger partial charge in [0.15, 0.2) is 11.3 Å². The van der Waals surface area contributed by atoms with Gasteiger partial charge >= 0.3 is 0 Å². The lowest BCUT2D eigenvalue weighted by molar-refractivity contribution is -0.118. The summed E-state index contributed by atoms with van der Waals surface area (Å²) in [6.07, 6.45) is 19.1. The Balaban J connectivity index is 0.000000167. The number of anilines is 5. The van der Waals surface area contributed by atoms with Gasteiger partial charge in [0.25, 0.3) is 11.8 Å².